The maximum Gasteiger partial charge on any atom is 0.325 e. The molecule has 0 bridgehead atoms. The molecule has 4 rings (SSSR count). The summed E-state index contributed by atoms with van der Waals surface area (Å²) in [5.74, 6) is 0.189. The SMILES string of the molecule is Cc1ccc([C@@H](C)NC(=O)CN2C(=O)N[C@](C)(c3ccc4c(c3)OCO4)C2=O)cc1C. The highest BCUT2D eigenvalue weighted by Gasteiger charge is 2.50. The Kier molecular flexibility index (Phi) is 5.08. The molecule has 8 heteroatoms. The number of ether oxygens (including phenoxy) is 2. The van der Waals surface area contributed by atoms with Crippen molar-refractivity contribution in [1.29, 1.82) is 0 Å². The van der Waals surface area contributed by atoms with Gasteiger partial charge in [-0.3, -0.25) is 14.5 Å². The third-order valence-corrected chi connectivity index (χ3v) is 5.94. The fourth-order valence-electron chi connectivity index (χ4n) is 3.79. The van der Waals surface area contributed by atoms with Crippen LogP contribution >= 0.6 is 0 Å². The lowest BCUT2D eigenvalue weighted by molar-refractivity contribution is -0.135. The maximum atomic E-state index is 13.1. The van der Waals surface area contributed by atoms with Crippen molar-refractivity contribution in [1.82, 2.24) is 15.5 Å². The summed E-state index contributed by atoms with van der Waals surface area (Å²) in [5, 5.41) is 5.57. The molecule has 1 saturated heterocycles. The number of nitrogens with one attached hydrogen (secondary N) is 2. The zero-order valence-electron chi connectivity index (χ0n) is 17.9. The van der Waals surface area contributed by atoms with E-state index in [-0.39, 0.29) is 19.4 Å². The first-order valence-corrected chi connectivity index (χ1v) is 10.1. The number of fused-ring (bicyclic) bond motifs is 1. The fourth-order valence-corrected chi connectivity index (χ4v) is 3.79. The molecule has 31 heavy (non-hydrogen) atoms. The highest BCUT2D eigenvalue weighted by molar-refractivity contribution is 6.09. The molecule has 0 unspecified atom stereocenters. The number of hydrogen-bond acceptors (Lipinski definition) is 5. The van der Waals surface area contributed by atoms with Crippen LogP contribution in [0.25, 0.3) is 0 Å². The second-order valence-corrected chi connectivity index (χ2v) is 8.15. The van der Waals surface area contributed by atoms with Crippen molar-refractivity contribution in [2.45, 2.75) is 39.3 Å². The van der Waals surface area contributed by atoms with E-state index in [1.807, 2.05) is 39.0 Å². The van der Waals surface area contributed by atoms with Crippen LogP contribution in [-0.2, 0) is 15.1 Å². The van der Waals surface area contributed by atoms with Gasteiger partial charge in [0.2, 0.25) is 12.7 Å². The minimum Gasteiger partial charge on any atom is -0.454 e. The van der Waals surface area contributed by atoms with E-state index in [0.29, 0.717) is 17.1 Å². The smallest absolute Gasteiger partial charge is 0.325 e. The molecule has 2 aliphatic heterocycles. The van der Waals surface area contributed by atoms with Crippen LogP contribution in [0.15, 0.2) is 36.4 Å². The predicted octanol–water partition coefficient (Wildman–Crippen LogP) is 2.68. The van der Waals surface area contributed by atoms with Gasteiger partial charge in [0.15, 0.2) is 11.5 Å². The van der Waals surface area contributed by atoms with Crippen LogP contribution in [0.5, 0.6) is 11.5 Å². The molecule has 162 valence electrons. The summed E-state index contributed by atoms with van der Waals surface area (Å²) >= 11 is 0. The molecular weight excluding hydrogens is 398 g/mol. The third-order valence-electron chi connectivity index (χ3n) is 5.94. The van der Waals surface area contributed by atoms with Gasteiger partial charge in [-0.25, -0.2) is 4.79 Å². The van der Waals surface area contributed by atoms with E-state index in [0.717, 1.165) is 16.0 Å². The van der Waals surface area contributed by atoms with Gasteiger partial charge in [0.25, 0.3) is 5.91 Å². The van der Waals surface area contributed by atoms with Crippen molar-refractivity contribution in [2.75, 3.05) is 13.3 Å². The molecule has 2 aromatic carbocycles. The zero-order chi connectivity index (χ0) is 22.3. The van der Waals surface area contributed by atoms with E-state index in [4.69, 9.17) is 9.47 Å². The average molecular weight is 423 g/mol. The van der Waals surface area contributed by atoms with Crippen LogP contribution in [0.4, 0.5) is 4.79 Å². The van der Waals surface area contributed by atoms with Crippen LogP contribution in [0.3, 0.4) is 0 Å². The van der Waals surface area contributed by atoms with Gasteiger partial charge >= 0.3 is 6.03 Å². The van der Waals surface area contributed by atoms with E-state index in [1.54, 1.807) is 25.1 Å². The van der Waals surface area contributed by atoms with Crippen LogP contribution in [0.1, 0.15) is 42.1 Å². The van der Waals surface area contributed by atoms with Crippen molar-refractivity contribution in [3.05, 3.63) is 58.7 Å². The number of carbonyl (C=O) groups excluding carboxylic acids is 3. The number of urea groups is 1. The summed E-state index contributed by atoms with van der Waals surface area (Å²) in [6, 6.07) is 10.2. The molecule has 2 atom stereocenters. The molecule has 2 heterocycles. The Morgan fingerprint density at radius 3 is 2.61 bits per heavy atom. The van der Waals surface area contributed by atoms with E-state index in [9.17, 15) is 14.4 Å². The Hall–Kier alpha value is -3.55. The topological polar surface area (TPSA) is 97.0 Å². The van der Waals surface area contributed by atoms with Gasteiger partial charge in [-0.2, -0.15) is 0 Å². The second-order valence-electron chi connectivity index (χ2n) is 8.15. The molecule has 4 amide bonds. The molecule has 1 fully saturated rings. The van der Waals surface area contributed by atoms with E-state index in [1.165, 1.54) is 5.56 Å². The lowest BCUT2D eigenvalue weighted by Crippen LogP contribution is -2.43. The van der Waals surface area contributed by atoms with Gasteiger partial charge in [0.1, 0.15) is 12.1 Å². The standard InChI is InChI=1S/C23H25N3O5/c1-13-5-6-16(9-14(13)2)15(3)24-20(27)11-26-21(28)23(4,25-22(26)29)17-7-8-18-19(10-17)31-12-30-18/h5-10,15H,11-12H2,1-4H3,(H,24,27)(H,25,29)/t15-,23-/m1/s1. The molecule has 0 aliphatic carbocycles. The van der Waals surface area contributed by atoms with Crippen LogP contribution in [0.2, 0.25) is 0 Å². The largest absolute Gasteiger partial charge is 0.454 e. The lowest BCUT2D eigenvalue weighted by Gasteiger charge is -2.22. The first kappa shape index (κ1) is 20.7. The van der Waals surface area contributed by atoms with Gasteiger partial charge in [0.05, 0.1) is 6.04 Å². The highest BCUT2D eigenvalue weighted by Crippen LogP contribution is 2.37. The number of benzene rings is 2. The summed E-state index contributed by atoms with van der Waals surface area (Å²) in [7, 11) is 0. The Labute approximate surface area is 180 Å². The second kappa shape index (κ2) is 7.61. The van der Waals surface area contributed by atoms with Gasteiger partial charge in [-0.1, -0.05) is 24.3 Å². The number of aryl methyl sites for hydroxylation is 2. The zero-order valence-corrected chi connectivity index (χ0v) is 17.9. The van der Waals surface area contributed by atoms with Gasteiger partial charge in [-0.15, -0.1) is 0 Å². The first-order chi connectivity index (χ1) is 14.7. The quantitative estimate of drug-likeness (QED) is 0.721. The van der Waals surface area contributed by atoms with E-state index < -0.39 is 23.4 Å². The van der Waals surface area contributed by atoms with Gasteiger partial charge < -0.3 is 20.1 Å². The highest BCUT2D eigenvalue weighted by atomic mass is 16.7. The number of hydrogen-bond donors (Lipinski definition) is 2. The fraction of sp³-hybridized carbons (Fsp3) is 0.348. The summed E-state index contributed by atoms with van der Waals surface area (Å²) in [4.78, 5) is 39.2. The number of carbonyl (C=O) groups is 3. The molecule has 8 nitrogen and oxygen atoms in total. The maximum absolute atomic E-state index is 13.1. The third kappa shape index (κ3) is 3.69. The summed E-state index contributed by atoms with van der Waals surface area (Å²) in [6.45, 7) is 7.26. The summed E-state index contributed by atoms with van der Waals surface area (Å²) in [5.41, 5.74) is 2.52. The average Bonchev–Trinajstić information content (AvgIpc) is 3.28. The number of amides is 4. The number of nitrogens with zero attached hydrogens (tertiary/aromatic N) is 1. The Morgan fingerprint density at radius 1 is 1.13 bits per heavy atom. The molecule has 2 aromatic rings. The first-order valence-electron chi connectivity index (χ1n) is 10.1. The molecule has 0 saturated carbocycles. The molecule has 2 aliphatic rings. The molecular formula is C23H25N3O5. The molecule has 0 spiro atoms. The molecule has 2 N–H and O–H groups in total. The molecule has 0 aromatic heterocycles. The van der Waals surface area contributed by atoms with Gasteiger partial charge in [0, 0.05) is 0 Å². The van der Waals surface area contributed by atoms with Crippen LogP contribution < -0.4 is 20.1 Å². The Balaban J connectivity index is 1.46. The van der Waals surface area contributed by atoms with E-state index >= 15 is 0 Å². The van der Waals surface area contributed by atoms with E-state index in [2.05, 4.69) is 10.6 Å². The number of rotatable bonds is 5. The van der Waals surface area contributed by atoms with Gasteiger partial charge in [-0.05, 0) is 62.1 Å². The Morgan fingerprint density at radius 2 is 1.87 bits per heavy atom. The minimum atomic E-state index is -1.29. The van der Waals surface area contributed by atoms with Crippen molar-refractivity contribution in [3.63, 3.8) is 0 Å². The normalized spacial score (nSPS) is 20.6. The van der Waals surface area contributed by atoms with Crippen LogP contribution in [-0.4, -0.2) is 36.1 Å². The van der Waals surface area contributed by atoms with Crippen LogP contribution in [0, 0.1) is 13.8 Å². The minimum absolute atomic E-state index is 0.112. The number of imide groups is 1. The summed E-state index contributed by atoms with van der Waals surface area (Å²) in [6.07, 6.45) is 0. The predicted molar refractivity (Wildman–Crippen MR) is 113 cm³/mol. The van der Waals surface area contributed by atoms with Crippen molar-refractivity contribution in [2.24, 2.45) is 0 Å². The van der Waals surface area contributed by atoms with Crippen molar-refractivity contribution in [3.8, 4) is 11.5 Å². The molecule has 0 radical (unpaired) electrons. The summed E-state index contributed by atoms with van der Waals surface area (Å²) < 4.78 is 10.7. The lowest BCUT2D eigenvalue weighted by atomic mass is 9.91. The monoisotopic (exact) mass is 423 g/mol. The Bertz CT molecular complexity index is 1080. The van der Waals surface area contributed by atoms with Crippen molar-refractivity contribution < 1.29 is 23.9 Å². The van der Waals surface area contributed by atoms with Crippen molar-refractivity contribution >= 4 is 17.8 Å².